The quantitative estimate of drug-likeness (QED) is 0.517. The van der Waals surface area contributed by atoms with E-state index in [1.807, 2.05) is 0 Å². The van der Waals surface area contributed by atoms with Gasteiger partial charge in [0, 0.05) is 12.5 Å². The maximum atomic E-state index is 10.3. The molecular formula is C7H13NO. The van der Waals surface area contributed by atoms with Crippen LogP contribution in [0.15, 0.2) is 0 Å². The van der Waals surface area contributed by atoms with Crippen molar-refractivity contribution in [2.24, 2.45) is 11.8 Å². The van der Waals surface area contributed by atoms with Crippen LogP contribution in [0.3, 0.4) is 0 Å². The van der Waals surface area contributed by atoms with Crippen LogP contribution in [0.1, 0.15) is 13.3 Å². The van der Waals surface area contributed by atoms with Gasteiger partial charge in [0.25, 0.3) is 0 Å². The summed E-state index contributed by atoms with van der Waals surface area (Å²) in [6.45, 7) is 4.09. The van der Waals surface area contributed by atoms with Crippen molar-refractivity contribution >= 4 is 6.29 Å². The van der Waals surface area contributed by atoms with E-state index in [1.165, 1.54) is 0 Å². The Morgan fingerprint density at radius 2 is 2.44 bits per heavy atom. The van der Waals surface area contributed by atoms with E-state index in [0.717, 1.165) is 25.8 Å². The van der Waals surface area contributed by atoms with E-state index in [4.69, 9.17) is 0 Å². The van der Waals surface area contributed by atoms with Crippen molar-refractivity contribution in [1.29, 1.82) is 0 Å². The molecule has 52 valence electrons. The minimum absolute atomic E-state index is 0.263. The largest absolute Gasteiger partial charge is 0.316 e. The van der Waals surface area contributed by atoms with Crippen molar-refractivity contribution < 1.29 is 4.79 Å². The number of nitrogens with one attached hydrogen (secondary N) is 1. The van der Waals surface area contributed by atoms with Gasteiger partial charge in [0.15, 0.2) is 0 Å². The minimum Gasteiger partial charge on any atom is -0.316 e. The molecule has 0 aromatic carbocycles. The summed E-state index contributed by atoms with van der Waals surface area (Å²) in [6, 6.07) is 0. The van der Waals surface area contributed by atoms with Crippen LogP contribution in [-0.4, -0.2) is 19.4 Å². The molecule has 0 amide bonds. The molecule has 9 heavy (non-hydrogen) atoms. The average molecular weight is 127 g/mol. The number of hydrogen-bond donors (Lipinski definition) is 1. The Labute approximate surface area is 55.6 Å². The van der Waals surface area contributed by atoms with Crippen molar-refractivity contribution in [1.82, 2.24) is 5.32 Å². The Hall–Kier alpha value is -0.370. The molecule has 1 aliphatic rings. The number of carbonyl (C=O) groups is 1. The fraction of sp³-hybridized carbons (Fsp3) is 0.857. The van der Waals surface area contributed by atoms with Crippen LogP contribution in [0.25, 0.3) is 0 Å². The number of piperidine rings is 1. The van der Waals surface area contributed by atoms with Crippen LogP contribution in [0.2, 0.25) is 0 Å². The summed E-state index contributed by atoms with van der Waals surface area (Å²) in [6.07, 6.45) is 2.21. The second-order valence-electron chi connectivity index (χ2n) is 2.77. The summed E-state index contributed by atoms with van der Waals surface area (Å²) in [5.41, 5.74) is 0. The lowest BCUT2D eigenvalue weighted by Gasteiger charge is -2.24. The Morgan fingerprint density at radius 1 is 1.67 bits per heavy atom. The van der Waals surface area contributed by atoms with E-state index >= 15 is 0 Å². The molecule has 0 spiro atoms. The lowest BCUT2D eigenvalue weighted by molar-refractivity contribution is -0.112. The monoisotopic (exact) mass is 127 g/mol. The zero-order valence-electron chi connectivity index (χ0n) is 5.76. The topological polar surface area (TPSA) is 29.1 Å². The summed E-state index contributed by atoms with van der Waals surface area (Å²) < 4.78 is 0. The highest BCUT2D eigenvalue weighted by Gasteiger charge is 2.19. The van der Waals surface area contributed by atoms with Crippen molar-refractivity contribution in [3.05, 3.63) is 0 Å². The molecule has 1 N–H and O–H groups in total. The molecule has 0 aromatic heterocycles. The van der Waals surface area contributed by atoms with E-state index in [-0.39, 0.29) is 5.92 Å². The number of rotatable bonds is 1. The fourth-order valence-corrected chi connectivity index (χ4v) is 1.20. The summed E-state index contributed by atoms with van der Waals surface area (Å²) in [7, 11) is 0. The Morgan fingerprint density at radius 3 is 2.89 bits per heavy atom. The molecule has 0 aliphatic carbocycles. The van der Waals surface area contributed by atoms with Gasteiger partial charge in [0.2, 0.25) is 0 Å². The first-order valence-electron chi connectivity index (χ1n) is 3.50. The molecule has 1 saturated heterocycles. The molecule has 1 fully saturated rings. The predicted octanol–water partition coefficient (Wildman–Crippen LogP) is 0.431. The second-order valence-corrected chi connectivity index (χ2v) is 2.77. The highest BCUT2D eigenvalue weighted by molar-refractivity contribution is 5.54. The molecule has 0 aromatic rings. The van der Waals surface area contributed by atoms with Crippen LogP contribution in [-0.2, 0) is 4.79 Å². The first kappa shape index (κ1) is 6.75. The van der Waals surface area contributed by atoms with Gasteiger partial charge in [0.05, 0.1) is 0 Å². The van der Waals surface area contributed by atoms with Crippen molar-refractivity contribution in [2.45, 2.75) is 13.3 Å². The Bertz CT molecular complexity index is 103. The Kier molecular flexibility index (Phi) is 2.22. The van der Waals surface area contributed by atoms with Gasteiger partial charge in [-0.2, -0.15) is 0 Å². The number of hydrogen-bond acceptors (Lipinski definition) is 2. The first-order chi connectivity index (χ1) is 4.34. The van der Waals surface area contributed by atoms with Crippen LogP contribution in [0.5, 0.6) is 0 Å². The van der Waals surface area contributed by atoms with Gasteiger partial charge >= 0.3 is 0 Å². The molecule has 1 aliphatic heterocycles. The van der Waals surface area contributed by atoms with E-state index in [2.05, 4.69) is 12.2 Å². The molecule has 1 heterocycles. The number of carbonyl (C=O) groups excluding carboxylic acids is 1. The van der Waals surface area contributed by atoms with Gasteiger partial charge in [0.1, 0.15) is 6.29 Å². The predicted molar refractivity (Wildman–Crippen MR) is 36.2 cm³/mol. The second kappa shape index (κ2) is 2.97. The van der Waals surface area contributed by atoms with Gasteiger partial charge in [-0.05, 0) is 18.9 Å². The maximum Gasteiger partial charge on any atom is 0.124 e. The van der Waals surface area contributed by atoms with Crippen molar-refractivity contribution in [3.8, 4) is 0 Å². The molecule has 1 unspecified atom stereocenters. The van der Waals surface area contributed by atoms with Gasteiger partial charge in [-0.3, -0.25) is 0 Å². The molecular weight excluding hydrogens is 114 g/mol. The van der Waals surface area contributed by atoms with Crippen LogP contribution < -0.4 is 5.32 Å². The highest BCUT2D eigenvalue weighted by atomic mass is 16.1. The minimum atomic E-state index is 0.263. The maximum absolute atomic E-state index is 10.3. The molecule has 0 saturated carbocycles. The van der Waals surface area contributed by atoms with Gasteiger partial charge in [-0.1, -0.05) is 6.92 Å². The van der Waals surface area contributed by atoms with E-state index < -0.39 is 0 Å². The van der Waals surface area contributed by atoms with Gasteiger partial charge in [-0.15, -0.1) is 0 Å². The normalized spacial score (nSPS) is 36.1. The van der Waals surface area contributed by atoms with Crippen LogP contribution in [0.4, 0.5) is 0 Å². The highest BCUT2D eigenvalue weighted by Crippen LogP contribution is 2.15. The molecule has 2 heteroatoms. The molecule has 1 rings (SSSR count). The van der Waals surface area contributed by atoms with E-state index in [9.17, 15) is 4.79 Å². The average Bonchev–Trinajstić information content (AvgIpc) is 1.89. The lowest BCUT2D eigenvalue weighted by atomic mass is 9.89. The van der Waals surface area contributed by atoms with E-state index in [0.29, 0.717) is 5.92 Å². The zero-order chi connectivity index (χ0) is 6.69. The smallest absolute Gasteiger partial charge is 0.124 e. The van der Waals surface area contributed by atoms with Crippen molar-refractivity contribution in [3.63, 3.8) is 0 Å². The SMILES string of the molecule is C[C@H]1CCNCC1C=O. The molecule has 2 nitrogen and oxygen atoms in total. The summed E-state index contributed by atoms with van der Waals surface area (Å²) in [5, 5.41) is 3.18. The third-order valence-corrected chi connectivity index (χ3v) is 2.06. The van der Waals surface area contributed by atoms with Gasteiger partial charge in [-0.25, -0.2) is 0 Å². The summed E-state index contributed by atoms with van der Waals surface area (Å²) >= 11 is 0. The van der Waals surface area contributed by atoms with Gasteiger partial charge < -0.3 is 10.1 Å². The third kappa shape index (κ3) is 1.52. The first-order valence-corrected chi connectivity index (χ1v) is 3.50. The van der Waals surface area contributed by atoms with E-state index in [1.54, 1.807) is 0 Å². The number of aldehydes is 1. The van der Waals surface area contributed by atoms with Crippen LogP contribution in [0, 0.1) is 11.8 Å². The fourth-order valence-electron chi connectivity index (χ4n) is 1.20. The third-order valence-electron chi connectivity index (χ3n) is 2.06. The van der Waals surface area contributed by atoms with Crippen molar-refractivity contribution in [2.75, 3.05) is 13.1 Å². The Balaban J connectivity index is 2.38. The summed E-state index contributed by atoms with van der Waals surface area (Å²) in [4.78, 5) is 10.3. The summed E-state index contributed by atoms with van der Waals surface area (Å²) in [5.74, 6) is 0.850. The van der Waals surface area contributed by atoms with Crippen LogP contribution >= 0.6 is 0 Å². The zero-order valence-corrected chi connectivity index (χ0v) is 5.76. The molecule has 2 atom stereocenters. The molecule has 0 radical (unpaired) electrons. The molecule has 0 bridgehead atoms. The lowest BCUT2D eigenvalue weighted by Crippen LogP contribution is -2.35. The standard InChI is InChI=1S/C7H13NO/c1-6-2-3-8-4-7(6)5-9/h5-8H,2-4H2,1H3/t6-,7?/m0/s1.